The normalized spacial score (nSPS) is 15.0. The Bertz CT molecular complexity index is 1490. The molecule has 0 saturated carbocycles. The van der Waals surface area contributed by atoms with Crippen molar-refractivity contribution in [1.29, 1.82) is 0 Å². The first-order chi connectivity index (χ1) is 17.0. The van der Waals surface area contributed by atoms with Crippen LogP contribution in [0.3, 0.4) is 0 Å². The third-order valence-corrected chi connectivity index (χ3v) is 7.77. The Kier molecular flexibility index (Phi) is 6.45. The first kappa shape index (κ1) is 23.0. The monoisotopic (exact) mass is 488 g/mol. The summed E-state index contributed by atoms with van der Waals surface area (Å²) in [5.41, 5.74) is 6.43. The van der Waals surface area contributed by atoms with Gasteiger partial charge in [-0.05, 0) is 29.8 Å². The molecule has 0 atom stereocenters. The van der Waals surface area contributed by atoms with Crippen LogP contribution in [0.2, 0.25) is 0 Å². The SMILES string of the molecule is O=C(N/N=C/c1c(-c2ccccc2)[nH]c2ccccc12)c1cccc(S(=O)(=O)N2CCOCC2)c1. The minimum atomic E-state index is -3.70. The highest BCUT2D eigenvalue weighted by molar-refractivity contribution is 7.89. The van der Waals surface area contributed by atoms with E-state index >= 15 is 0 Å². The van der Waals surface area contributed by atoms with Crippen molar-refractivity contribution >= 4 is 33.0 Å². The van der Waals surface area contributed by atoms with Crippen LogP contribution in [0.25, 0.3) is 22.2 Å². The molecule has 2 N–H and O–H groups in total. The van der Waals surface area contributed by atoms with Crippen LogP contribution in [0, 0.1) is 0 Å². The lowest BCUT2D eigenvalue weighted by Crippen LogP contribution is -2.40. The zero-order valence-corrected chi connectivity index (χ0v) is 19.7. The number of para-hydroxylation sites is 1. The van der Waals surface area contributed by atoms with Gasteiger partial charge in [0.15, 0.2) is 0 Å². The van der Waals surface area contributed by atoms with Crippen molar-refractivity contribution < 1.29 is 17.9 Å². The second-order valence-corrected chi connectivity index (χ2v) is 10.0. The molecule has 8 nitrogen and oxygen atoms in total. The van der Waals surface area contributed by atoms with E-state index in [1.54, 1.807) is 18.3 Å². The van der Waals surface area contributed by atoms with Crippen LogP contribution in [0.4, 0.5) is 0 Å². The largest absolute Gasteiger partial charge is 0.379 e. The summed E-state index contributed by atoms with van der Waals surface area (Å²) >= 11 is 0. The van der Waals surface area contributed by atoms with E-state index in [0.717, 1.165) is 27.7 Å². The number of amides is 1. The van der Waals surface area contributed by atoms with Crippen LogP contribution in [-0.2, 0) is 14.8 Å². The number of nitrogens with zero attached hydrogens (tertiary/aromatic N) is 2. The molecular formula is C26H24N4O4S. The number of morpholine rings is 1. The predicted molar refractivity (Wildman–Crippen MR) is 135 cm³/mol. The summed E-state index contributed by atoms with van der Waals surface area (Å²) in [4.78, 5) is 16.3. The number of benzene rings is 3. The molecule has 178 valence electrons. The highest BCUT2D eigenvalue weighted by Crippen LogP contribution is 2.29. The first-order valence-electron chi connectivity index (χ1n) is 11.2. The van der Waals surface area contributed by atoms with Gasteiger partial charge in [-0.3, -0.25) is 4.79 Å². The fourth-order valence-electron chi connectivity index (χ4n) is 4.08. The molecule has 0 unspecified atom stereocenters. The van der Waals surface area contributed by atoms with E-state index < -0.39 is 15.9 Å². The van der Waals surface area contributed by atoms with Gasteiger partial charge in [-0.15, -0.1) is 0 Å². The molecule has 1 fully saturated rings. The number of nitrogens with one attached hydrogen (secondary N) is 2. The van der Waals surface area contributed by atoms with Gasteiger partial charge in [0.2, 0.25) is 10.0 Å². The Morgan fingerprint density at radius 1 is 0.971 bits per heavy atom. The number of hydrogen-bond acceptors (Lipinski definition) is 5. The summed E-state index contributed by atoms with van der Waals surface area (Å²) < 4.78 is 32.5. The predicted octanol–water partition coefficient (Wildman–Crippen LogP) is 3.62. The van der Waals surface area contributed by atoms with Gasteiger partial charge in [0.1, 0.15) is 0 Å². The molecule has 1 saturated heterocycles. The standard InChI is InChI=1S/C26H24N4O4S/c31-26(20-9-6-10-21(17-20)35(32,33)30-13-15-34-16-14-30)29-27-18-23-22-11-4-5-12-24(22)28-25(23)19-7-2-1-3-8-19/h1-12,17-18,28H,13-16H2,(H,29,31)/b27-18+. The van der Waals surface area contributed by atoms with Crippen molar-refractivity contribution in [1.82, 2.24) is 14.7 Å². The van der Waals surface area contributed by atoms with E-state index in [2.05, 4.69) is 15.5 Å². The van der Waals surface area contributed by atoms with Crippen LogP contribution < -0.4 is 5.43 Å². The van der Waals surface area contributed by atoms with Crippen molar-refractivity contribution in [3.63, 3.8) is 0 Å². The Hall–Kier alpha value is -3.79. The summed E-state index contributed by atoms with van der Waals surface area (Å²) in [6, 6.07) is 23.7. The molecule has 5 rings (SSSR count). The first-order valence-corrected chi connectivity index (χ1v) is 12.7. The number of rotatable bonds is 6. The number of hydrogen-bond donors (Lipinski definition) is 2. The van der Waals surface area contributed by atoms with Gasteiger partial charge in [-0.25, -0.2) is 13.8 Å². The molecule has 1 amide bonds. The quantitative estimate of drug-likeness (QED) is 0.320. The topological polar surface area (TPSA) is 104 Å². The average Bonchev–Trinajstić information content (AvgIpc) is 3.28. The van der Waals surface area contributed by atoms with Gasteiger partial charge in [-0.2, -0.15) is 9.41 Å². The summed E-state index contributed by atoms with van der Waals surface area (Å²) in [5, 5.41) is 5.16. The maximum absolute atomic E-state index is 12.9. The smallest absolute Gasteiger partial charge is 0.271 e. The van der Waals surface area contributed by atoms with E-state index in [-0.39, 0.29) is 23.5 Å². The lowest BCUT2D eigenvalue weighted by atomic mass is 10.1. The van der Waals surface area contributed by atoms with E-state index in [0.29, 0.717) is 13.2 Å². The Morgan fingerprint density at radius 3 is 2.51 bits per heavy atom. The van der Waals surface area contributed by atoms with Gasteiger partial charge >= 0.3 is 0 Å². The van der Waals surface area contributed by atoms with Crippen molar-refractivity contribution in [3.8, 4) is 11.3 Å². The van der Waals surface area contributed by atoms with Crippen molar-refractivity contribution in [2.24, 2.45) is 5.10 Å². The van der Waals surface area contributed by atoms with Crippen LogP contribution >= 0.6 is 0 Å². The number of carbonyl (C=O) groups is 1. The molecule has 0 radical (unpaired) electrons. The molecule has 2 heterocycles. The lowest BCUT2D eigenvalue weighted by Gasteiger charge is -2.26. The number of aromatic amines is 1. The highest BCUT2D eigenvalue weighted by atomic mass is 32.2. The van der Waals surface area contributed by atoms with Crippen molar-refractivity contribution in [2.45, 2.75) is 4.90 Å². The van der Waals surface area contributed by atoms with Crippen LogP contribution in [0.5, 0.6) is 0 Å². The molecular weight excluding hydrogens is 464 g/mol. The Balaban J connectivity index is 1.38. The molecule has 1 aliphatic rings. The van der Waals surface area contributed by atoms with Crippen LogP contribution in [0.1, 0.15) is 15.9 Å². The number of sulfonamides is 1. The second kappa shape index (κ2) is 9.83. The van der Waals surface area contributed by atoms with Crippen molar-refractivity contribution in [2.75, 3.05) is 26.3 Å². The molecule has 0 spiro atoms. The summed E-state index contributed by atoms with van der Waals surface area (Å²) in [7, 11) is -3.70. The van der Waals surface area contributed by atoms with Crippen molar-refractivity contribution in [3.05, 3.63) is 90.0 Å². The molecule has 35 heavy (non-hydrogen) atoms. The Morgan fingerprint density at radius 2 is 1.71 bits per heavy atom. The fourth-order valence-corrected chi connectivity index (χ4v) is 5.54. The zero-order valence-electron chi connectivity index (χ0n) is 18.8. The van der Waals surface area contributed by atoms with Gasteiger partial charge in [0.25, 0.3) is 5.91 Å². The Labute approximate surface area is 203 Å². The highest BCUT2D eigenvalue weighted by Gasteiger charge is 2.26. The number of ether oxygens (including phenoxy) is 1. The third-order valence-electron chi connectivity index (χ3n) is 5.87. The van der Waals surface area contributed by atoms with Gasteiger partial charge < -0.3 is 9.72 Å². The number of carbonyl (C=O) groups excluding carboxylic acids is 1. The summed E-state index contributed by atoms with van der Waals surface area (Å²) in [6.07, 6.45) is 1.60. The molecule has 9 heteroatoms. The number of hydrazone groups is 1. The molecule has 0 aliphatic carbocycles. The van der Waals surface area contributed by atoms with Gasteiger partial charge in [-0.1, -0.05) is 54.6 Å². The number of H-pyrrole nitrogens is 1. The molecule has 3 aromatic carbocycles. The van der Waals surface area contributed by atoms with E-state index in [1.165, 1.54) is 16.4 Å². The summed E-state index contributed by atoms with van der Waals surface area (Å²) in [5.74, 6) is -0.499. The zero-order chi connectivity index (χ0) is 24.3. The van der Waals surface area contributed by atoms with E-state index in [9.17, 15) is 13.2 Å². The molecule has 4 aromatic rings. The van der Waals surface area contributed by atoms with Gasteiger partial charge in [0, 0.05) is 35.1 Å². The number of aromatic nitrogens is 1. The third kappa shape index (κ3) is 4.74. The minimum Gasteiger partial charge on any atom is -0.379 e. The van der Waals surface area contributed by atoms with Crippen LogP contribution in [-0.4, -0.2) is 56.1 Å². The van der Waals surface area contributed by atoms with Crippen LogP contribution in [0.15, 0.2) is 88.9 Å². The van der Waals surface area contributed by atoms with E-state index in [4.69, 9.17) is 4.74 Å². The molecule has 1 aromatic heterocycles. The average molecular weight is 489 g/mol. The second-order valence-electron chi connectivity index (χ2n) is 8.07. The minimum absolute atomic E-state index is 0.0685. The van der Waals surface area contributed by atoms with E-state index in [1.807, 2.05) is 54.6 Å². The number of fused-ring (bicyclic) bond motifs is 1. The fraction of sp³-hybridized carbons (Fsp3) is 0.154. The molecule has 1 aliphatic heterocycles. The molecule has 0 bridgehead atoms. The summed E-state index contributed by atoms with van der Waals surface area (Å²) in [6.45, 7) is 1.29. The maximum atomic E-state index is 12.9. The lowest BCUT2D eigenvalue weighted by molar-refractivity contribution is 0.0730. The van der Waals surface area contributed by atoms with Gasteiger partial charge in [0.05, 0.1) is 30.0 Å². The maximum Gasteiger partial charge on any atom is 0.271 e.